The minimum absolute atomic E-state index is 0.138. The molecule has 8 heteroatoms. The molecule has 0 N–H and O–H groups in total. The van der Waals surface area contributed by atoms with Crippen molar-refractivity contribution in [3.63, 3.8) is 0 Å². The van der Waals surface area contributed by atoms with E-state index in [0.29, 0.717) is 28.6 Å². The summed E-state index contributed by atoms with van der Waals surface area (Å²) in [5.41, 5.74) is 0.596. The summed E-state index contributed by atoms with van der Waals surface area (Å²) >= 11 is 0. The van der Waals surface area contributed by atoms with Gasteiger partial charge in [0.2, 0.25) is 5.75 Å². The van der Waals surface area contributed by atoms with Gasteiger partial charge in [0.15, 0.2) is 17.3 Å². The van der Waals surface area contributed by atoms with Gasteiger partial charge in [-0.1, -0.05) is 0 Å². The van der Waals surface area contributed by atoms with Gasteiger partial charge in [0, 0.05) is 0 Å². The van der Waals surface area contributed by atoms with E-state index in [0.717, 1.165) is 0 Å². The fourth-order valence-electron chi connectivity index (χ4n) is 1.92. The van der Waals surface area contributed by atoms with Crippen LogP contribution in [0.15, 0.2) is 12.1 Å². The lowest BCUT2D eigenvalue weighted by Gasteiger charge is -2.15. The molecule has 0 spiro atoms. The first-order chi connectivity index (χ1) is 10.7. The third-order valence-electron chi connectivity index (χ3n) is 2.90. The molecule has 0 bridgehead atoms. The summed E-state index contributed by atoms with van der Waals surface area (Å²) in [7, 11) is 7.52. The van der Waals surface area contributed by atoms with E-state index in [-0.39, 0.29) is 12.0 Å². The molecule has 2 rings (SSSR count). The molecule has 0 aliphatic carbocycles. The summed E-state index contributed by atoms with van der Waals surface area (Å²) in [5.74, 6) is 1.76. The van der Waals surface area contributed by atoms with E-state index < -0.39 is 0 Å². The fraction of sp³-hybridized carbons (Fsp3) is 0.357. The normalized spacial score (nSPS) is 10.0. The molecule has 2 aromatic rings. The predicted molar refractivity (Wildman–Crippen MR) is 78.0 cm³/mol. The molecule has 8 nitrogen and oxygen atoms in total. The van der Waals surface area contributed by atoms with Crippen LogP contribution in [0.2, 0.25) is 0 Å². The molecule has 1 aromatic heterocycles. The van der Waals surface area contributed by atoms with E-state index in [2.05, 4.69) is 15.0 Å². The van der Waals surface area contributed by atoms with Crippen molar-refractivity contribution >= 4 is 0 Å². The molecular formula is C14H17N3O5. The third kappa shape index (κ3) is 2.80. The van der Waals surface area contributed by atoms with E-state index in [1.54, 1.807) is 19.2 Å². The first kappa shape index (κ1) is 15.6. The lowest BCUT2D eigenvalue weighted by molar-refractivity contribution is 0.324. The Morgan fingerprint density at radius 2 is 1.23 bits per heavy atom. The number of nitrogens with zero attached hydrogens (tertiary/aromatic N) is 3. The second-order valence-electron chi connectivity index (χ2n) is 4.01. The molecule has 1 aromatic carbocycles. The topological polar surface area (TPSA) is 84.8 Å². The molecule has 0 aliphatic heterocycles. The molecule has 0 amide bonds. The number of hydrogen-bond acceptors (Lipinski definition) is 8. The average molecular weight is 307 g/mol. The lowest BCUT2D eigenvalue weighted by atomic mass is 10.1. The van der Waals surface area contributed by atoms with Crippen molar-refractivity contribution in [2.45, 2.75) is 0 Å². The lowest BCUT2D eigenvalue weighted by Crippen LogP contribution is -2.03. The van der Waals surface area contributed by atoms with Gasteiger partial charge in [-0.05, 0) is 12.1 Å². The molecule has 0 unspecified atom stereocenters. The van der Waals surface area contributed by atoms with Gasteiger partial charge in [0.05, 0.1) is 41.1 Å². The van der Waals surface area contributed by atoms with Gasteiger partial charge in [-0.15, -0.1) is 4.98 Å². The summed E-state index contributed by atoms with van der Waals surface area (Å²) in [5, 5.41) is 0. The first-order valence-electron chi connectivity index (χ1n) is 6.31. The molecule has 0 aliphatic rings. The van der Waals surface area contributed by atoms with Gasteiger partial charge in [-0.2, -0.15) is 9.97 Å². The van der Waals surface area contributed by atoms with Crippen molar-refractivity contribution in [2.24, 2.45) is 0 Å². The maximum absolute atomic E-state index is 5.42. The van der Waals surface area contributed by atoms with Gasteiger partial charge in [0.25, 0.3) is 0 Å². The van der Waals surface area contributed by atoms with Crippen LogP contribution >= 0.6 is 0 Å². The van der Waals surface area contributed by atoms with E-state index >= 15 is 0 Å². The monoisotopic (exact) mass is 307 g/mol. The van der Waals surface area contributed by atoms with Crippen molar-refractivity contribution in [2.75, 3.05) is 35.5 Å². The Hall–Kier alpha value is -2.77. The van der Waals surface area contributed by atoms with Crippen LogP contribution in [-0.2, 0) is 0 Å². The van der Waals surface area contributed by atoms with Crippen molar-refractivity contribution in [1.82, 2.24) is 15.0 Å². The highest BCUT2D eigenvalue weighted by Crippen LogP contribution is 2.43. The minimum atomic E-state index is 0.138. The third-order valence-corrected chi connectivity index (χ3v) is 2.90. The highest BCUT2D eigenvalue weighted by molar-refractivity contribution is 5.72. The number of benzene rings is 1. The zero-order chi connectivity index (χ0) is 16.1. The number of hydrogen-bond donors (Lipinski definition) is 0. The van der Waals surface area contributed by atoms with Crippen molar-refractivity contribution < 1.29 is 23.7 Å². The highest BCUT2D eigenvalue weighted by Gasteiger charge is 2.20. The average Bonchev–Trinajstić information content (AvgIpc) is 2.59. The second kappa shape index (κ2) is 6.79. The van der Waals surface area contributed by atoms with E-state index in [4.69, 9.17) is 23.7 Å². The second-order valence-corrected chi connectivity index (χ2v) is 4.01. The molecule has 1 heterocycles. The van der Waals surface area contributed by atoms with Gasteiger partial charge in [-0.3, -0.25) is 0 Å². The molecule has 0 saturated carbocycles. The van der Waals surface area contributed by atoms with Crippen LogP contribution in [-0.4, -0.2) is 50.5 Å². The maximum Gasteiger partial charge on any atom is 0.322 e. The smallest absolute Gasteiger partial charge is 0.322 e. The van der Waals surface area contributed by atoms with Crippen LogP contribution in [0.3, 0.4) is 0 Å². The Labute approximate surface area is 128 Å². The quantitative estimate of drug-likeness (QED) is 0.795. The zero-order valence-corrected chi connectivity index (χ0v) is 13.0. The molecule has 0 saturated heterocycles. The number of aromatic nitrogens is 3. The fourth-order valence-corrected chi connectivity index (χ4v) is 1.92. The van der Waals surface area contributed by atoms with Crippen LogP contribution < -0.4 is 23.7 Å². The number of ether oxygens (including phenoxy) is 5. The molecule has 118 valence electrons. The Morgan fingerprint density at radius 3 is 1.68 bits per heavy atom. The molecule has 22 heavy (non-hydrogen) atoms. The maximum atomic E-state index is 5.42. The van der Waals surface area contributed by atoms with Crippen molar-refractivity contribution in [1.29, 1.82) is 0 Å². The Balaban J connectivity index is 2.66. The Kier molecular flexibility index (Phi) is 4.82. The van der Waals surface area contributed by atoms with Crippen molar-refractivity contribution in [3.8, 4) is 40.7 Å². The summed E-state index contributed by atoms with van der Waals surface area (Å²) in [6, 6.07) is 3.77. The van der Waals surface area contributed by atoms with Crippen LogP contribution in [0.25, 0.3) is 11.4 Å². The van der Waals surface area contributed by atoms with Crippen LogP contribution in [0.5, 0.6) is 29.3 Å². The summed E-state index contributed by atoms with van der Waals surface area (Å²) in [6.07, 6.45) is 0. The van der Waals surface area contributed by atoms with E-state index in [1.807, 2.05) is 0 Å². The molecular weight excluding hydrogens is 290 g/mol. The standard InChI is InChI=1S/C14H17N3O5/c1-18-9-7-6-8(10(19-2)11(9)20-3)12-15-13(21-4)17-14(16-12)22-5/h6-7H,1-5H3. The van der Waals surface area contributed by atoms with Gasteiger partial charge >= 0.3 is 12.0 Å². The SMILES string of the molecule is COc1nc(OC)nc(-c2ccc(OC)c(OC)c2OC)n1. The number of rotatable bonds is 6. The molecule has 0 atom stereocenters. The van der Waals surface area contributed by atoms with Gasteiger partial charge in [-0.25, -0.2) is 0 Å². The van der Waals surface area contributed by atoms with Crippen LogP contribution in [0, 0.1) is 0 Å². The van der Waals surface area contributed by atoms with Crippen molar-refractivity contribution in [3.05, 3.63) is 12.1 Å². The van der Waals surface area contributed by atoms with E-state index in [9.17, 15) is 0 Å². The van der Waals surface area contributed by atoms with Gasteiger partial charge < -0.3 is 23.7 Å². The Bertz CT molecular complexity index is 641. The number of methoxy groups -OCH3 is 5. The minimum Gasteiger partial charge on any atom is -0.493 e. The predicted octanol–water partition coefficient (Wildman–Crippen LogP) is 1.58. The summed E-state index contributed by atoms with van der Waals surface area (Å²) in [4.78, 5) is 12.4. The van der Waals surface area contributed by atoms with Crippen LogP contribution in [0.4, 0.5) is 0 Å². The molecule has 0 radical (unpaired) electrons. The van der Waals surface area contributed by atoms with Gasteiger partial charge in [0.1, 0.15) is 0 Å². The highest BCUT2D eigenvalue weighted by atomic mass is 16.5. The Morgan fingerprint density at radius 1 is 0.636 bits per heavy atom. The largest absolute Gasteiger partial charge is 0.493 e. The summed E-state index contributed by atoms with van der Waals surface area (Å²) < 4.78 is 26.1. The molecule has 0 fully saturated rings. The zero-order valence-electron chi connectivity index (χ0n) is 13.0. The van der Waals surface area contributed by atoms with E-state index in [1.165, 1.54) is 28.4 Å². The van der Waals surface area contributed by atoms with Crippen LogP contribution in [0.1, 0.15) is 0 Å². The summed E-state index contributed by atoms with van der Waals surface area (Å²) in [6.45, 7) is 0. The first-order valence-corrected chi connectivity index (χ1v) is 6.31.